The van der Waals surface area contributed by atoms with Crippen LogP contribution in [0.2, 0.25) is 0 Å². The average Bonchev–Trinajstić information content (AvgIpc) is 3.21. The summed E-state index contributed by atoms with van der Waals surface area (Å²) >= 11 is 0. The van der Waals surface area contributed by atoms with Crippen LogP contribution in [0, 0.1) is 0 Å². The molecular weight excluding hydrogens is 777 g/mol. The summed E-state index contributed by atoms with van der Waals surface area (Å²) in [5, 5.41) is 74.3. The van der Waals surface area contributed by atoms with Crippen molar-refractivity contribution >= 4 is 13.7 Å². The molecule has 1 rings (SSSR count). The van der Waals surface area contributed by atoms with Crippen LogP contribution >= 0.6 is 7.82 Å². The number of amides is 1. The highest BCUT2D eigenvalue weighted by atomic mass is 31.2. The molecule has 0 aromatic carbocycles. The van der Waals surface area contributed by atoms with Crippen LogP contribution < -0.4 is 5.32 Å². The number of allylic oxidation sites excluding steroid dienone is 7. The first-order valence-corrected chi connectivity index (χ1v) is 24.2. The van der Waals surface area contributed by atoms with Gasteiger partial charge in [-0.1, -0.05) is 152 Å². The molecule has 0 aliphatic heterocycles. The third kappa shape index (κ3) is 27.0. The number of phosphoric acid groups is 1. The molecule has 344 valence electrons. The molecule has 59 heavy (non-hydrogen) atoms. The van der Waals surface area contributed by atoms with E-state index in [1.165, 1.54) is 83.1 Å². The summed E-state index contributed by atoms with van der Waals surface area (Å²) in [4.78, 5) is 23.4. The molecule has 13 nitrogen and oxygen atoms in total. The molecule has 8 atom stereocenters. The van der Waals surface area contributed by atoms with Crippen molar-refractivity contribution in [2.45, 2.75) is 223 Å². The molecule has 1 saturated carbocycles. The van der Waals surface area contributed by atoms with E-state index in [4.69, 9.17) is 9.05 Å². The lowest BCUT2D eigenvalue weighted by atomic mass is 9.85. The molecular formula is C45H82NO12P. The zero-order valence-electron chi connectivity index (χ0n) is 36.2. The Balaban J connectivity index is 2.62. The first-order valence-electron chi connectivity index (χ1n) is 22.7. The minimum Gasteiger partial charge on any atom is -0.393 e. The summed E-state index contributed by atoms with van der Waals surface area (Å²) in [6.45, 7) is 3.67. The first kappa shape index (κ1) is 55.3. The number of nitrogens with one attached hydrogen (secondary N) is 1. The van der Waals surface area contributed by atoms with Crippen molar-refractivity contribution in [3.8, 4) is 0 Å². The highest BCUT2D eigenvalue weighted by molar-refractivity contribution is 7.47. The van der Waals surface area contributed by atoms with E-state index in [0.29, 0.717) is 12.8 Å². The van der Waals surface area contributed by atoms with Gasteiger partial charge in [-0.15, -0.1) is 0 Å². The number of carbonyl (C=O) groups is 1. The Morgan fingerprint density at radius 3 is 1.63 bits per heavy atom. The fourth-order valence-electron chi connectivity index (χ4n) is 6.89. The van der Waals surface area contributed by atoms with Crippen LogP contribution in [-0.2, 0) is 18.4 Å². The molecule has 9 N–H and O–H groups in total. The van der Waals surface area contributed by atoms with Gasteiger partial charge in [0.1, 0.15) is 36.6 Å². The maximum absolute atomic E-state index is 13.0. The van der Waals surface area contributed by atoms with Crippen molar-refractivity contribution in [2.24, 2.45) is 0 Å². The minimum atomic E-state index is -5.15. The predicted molar refractivity (Wildman–Crippen MR) is 233 cm³/mol. The Kier molecular flexibility index (Phi) is 32.6. The summed E-state index contributed by atoms with van der Waals surface area (Å²) in [7, 11) is -5.15. The van der Waals surface area contributed by atoms with Gasteiger partial charge in [0, 0.05) is 0 Å². The van der Waals surface area contributed by atoms with Crippen molar-refractivity contribution in [3.05, 3.63) is 48.6 Å². The molecule has 8 unspecified atom stereocenters. The molecule has 1 amide bonds. The lowest BCUT2D eigenvalue weighted by Crippen LogP contribution is -2.64. The number of aliphatic hydroxyl groups excluding tert-OH is 7. The van der Waals surface area contributed by atoms with Crippen molar-refractivity contribution < 1.29 is 59.0 Å². The van der Waals surface area contributed by atoms with Crippen LogP contribution in [0.25, 0.3) is 0 Å². The van der Waals surface area contributed by atoms with Gasteiger partial charge in [0.15, 0.2) is 0 Å². The first-order chi connectivity index (χ1) is 28.3. The second kappa shape index (κ2) is 34.8. The van der Waals surface area contributed by atoms with Gasteiger partial charge < -0.3 is 46.0 Å². The zero-order chi connectivity index (χ0) is 43.7. The van der Waals surface area contributed by atoms with E-state index in [1.54, 1.807) is 6.08 Å². The molecule has 0 aromatic heterocycles. The van der Waals surface area contributed by atoms with Gasteiger partial charge in [0.05, 0.1) is 31.3 Å². The highest BCUT2D eigenvalue weighted by Gasteiger charge is 2.51. The fraction of sp³-hybridized carbons (Fsp3) is 0.800. The lowest BCUT2D eigenvalue weighted by molar-refractivity contribution is -0.220. The number of hydrogen-bond acceptors (Lipinski definition) is 11. The van der Waals surface area contributed by atoms with E-state index in [0.717, 1.165) is 57.8 Å². The Morgan fingerprint density at radius 1 is 0.610 bits per heavy atom. The van der Waals surface area contributed by atoms with Crippen LogP contribution in [-0.4, -0.2) is 108 Å². The monoisotopic (exact) mass is 860 g/mol. The van der Waals surface area contributed by atoms with E-state index >= 15 is 0 Å². The summed E-state index contributed by atoms with van der Waals surface area (Å²) in [5.74, 6) is -0.617. The number of carbonyl (C=O) groups excluding carboxylic acids is 1. The lowest BCUT2D eigenvalue weighted by Gasteiger charge is -2.41. The summed E-state index contributed by atoms with van der Waals surface area (Å²) in [6.07, 6.45) is 26.3. The third-order valence-electron chi connectivity index (χ3n) is 10.7. The van der Waals surface area contributed by atoms with Crippen molar-refractivity contribution in [3.63, 3.8) is 0 Å². The largest absolute Gasteiger partial charge is 0.472 e. The number of phosphoric ester groups is 1. The maximum atomic E-state index is 13.0. The van der Waals surface area contributed by atoms with Crippen LogP contribution in [0.1, 0.15) is 168 Å². The molecule has 1 aliphatic rings. The quantitative estimate of drug-likeness (QED) is 0.0133. The highest BCUT2D eigenvalue weighted by Crippen LogP contribution is 2.47. The standard InChI is InChI=1S/C45H82NO12P/c1-3-5-7-9-11-13-15-17-18-19-21-23-25-27-29-31-33-38(48)37(35-57-59(55,56)58-45-43(53)41(51)40(50)42(52)44(45)54)46-39(49)34-36(47)32-30-28-26-24-22-20-16-14-12-10-8-6-4-2/h12,14,16,20,23,25,31,33,36-38,40-45,47-48,50-54H,3-11,13,15,17-19,21-22,24,26-30,32,34-35H2,1-2H3,(H,46,49)(H,55,56)/b14-12-,20-16-,25-23+,33-31+. The molecule has 0 heterocycles. The van der Waals surface area contributed by atoms with Crippen LogP contribution in [0.15, 0.2) is 48.6 Å². The van der Waals surface area contributed by atoms with E-state index in [-0.39, 0.29) is 6.42 Å². The second-order valence-corrected chi connectivity index (χ2v) is 17.5. The van der Waals surface area contributed by atoms with Crippen molar-refractivity contribution in [1.82, 2.24) is 5.32 Å². The van der Waals surface area contributed by atoms with Gasteiger partial charge in [0.25, 0.3) is 0 Å². The van der Waals surface area contributed by atoms with Crippen LogP contribution in [0.3, 0.4) is 0 Å². The van der Waals surface area contributed by atoms with Gasteiger partial charge in [-0.25, -0.2) is 4.57 Å². The number of unbranched alkanes of at least 4 members (excludes halogenated alkanes) is 18. The van der Waals surface area contributed by atoms with Gasteiger partial charge in [0.2, 0.25) is 5.91 Å². The SMILES string of the molecule is CCCCC/C=C\C=C/CCCCCCC(O)CC(=O)NC(COP(=O)(O)OC1C(O)C(O)C(O)C(O)C1O)C(O)/C=C/CC/C=C/CCCCCCCCCCCC. The Morgan fingerprint density at radius 2 is 1.05 bits per heavy atom. The van der Waals surface area contributed by atoms with E-state index < -0.39 is 75.2 Å². The van der Waals surface area contributed by atoms with Crippen LogP contribution in [0.5, 0.6) is 0 Å². The summed E-state index contributed by atoms with van der Waals surface area (Å²) in [5.41, 5.74) is 0. The second-order valence-electron chi connectivity index (χ2n) is 16.1. The number of aliphatic hydroxyl groups is 7. The van der Waals surface area contributed by atoms with Gasteiger partial charge >= 0.3 is 7.82 Å². The normalized spacial score (nSPS) is 24.0. The van der Waals surface area contributed by atoms with Crippen molar-refractivity contribution in [2.75, 3.05) is 6.61 Å². The van der Waals surface area contributed by atoms with Crippen molar-refractivity contribution in [1.29, 1.82) is 0 Å². The van der Waals surface area contributed by atoms with Gasteiger partial charge in [-0.3, -0.25) is 13.8 Å². The fourth-order valence-corrected chi connectivity index (χ4v) is 7.86. The third-order valence-corrected chi connectivity index (χ3v) is 11.6. The molecule has 0 radical (unpaired) electrons. The predicted octanol–water partition coefficient (Wildman–Crippen LogP) is 7.14. The summed E-state index contributed by atoms with van der Waals surface area (Å²) in [6, 6.07) is -1.26. The molecule has 1 fully saturated rings. The summed E-state index contributed by atoms with van der Waals surface area (Å²) < 4.78 is 22.8. The molecule has 0 bridgehead atoms. The Hall–Kier alpha value is -1.74. The average molecular weight is 860 g/mol. The van der Waals surface area contributed by atoms with E-state index in [9.17, 15) is 50.0 Å². The Labute approximate surface area is 355 Å². The minimum absolute atomic E-state index is 0.268. The van der Waals surface area contributed by atoms with Gasteiger partial charge in [-0.05, 0) is 57.8 Å². The molecule has 1 aliphatic carbocycles. The Bertz CT molecular complexity index is 1200. The number of rotatable bonds is 36. The number of hydrogen-bond donors (Lipinski definition) is 9. The van der Waals surface area contributed by atoms with Gasteiger partial charge in [-0.2, -0.15) is 0 Å². The molecule has 0 saturated heterocycles. The molecule has 0 spiro atoms. The maximum Gasteiger partial charge on any atom is 0.472 e. The topological polar surface area (TPSA) is 226 Å². The van der Waals surface area contributed by atoms with Crippen LogP contribution in [0.4, 0.5) is 0 Å². The van der Waals surface area contributed by atoms with E-state index in [1.807, 2.05) is 0 Å². The smallest absolute Gasteiger partial charge is 0.393 e. The molecule has 14 heteroatoms. The zero-order valence-corrected chi connectivity index (χ0v) is 37.0. The van der Waals surface area contributed by atoms with E-state index in [2.05, 4.69) is 55.6 Å². The molecule has 0 aromatic rings.